The summed E-state index contributed by atoms with van der Waals surface area (Å²) < 4.78 is 0. The van der Waals surface area contributed by atoms with Crippen molar-refractivity contribution >= 4 is 44.9 Å². The number of amides is 1. The number of fused-ring (bicyclic) bond motifs is 1. The lowest BCUT2D eigenvalue weighted by atomic mass is 10.2. The van der Waals surface area contributed by atoms with Gasteiger partial charge < -0.3 is 11.1 Å². The van der Waals surface area contributed by atoms with Gasteiger partial charge in [0.25, 0.3) is 5.91 Å². The zero-order chi connectivity index (χ0) is 13.9. The van der Waals surface area contributed by atoms with Gasteiger partial charge in [0.15, 0.2) is 0 Å². The highest BCUT2D eigenvalue weighted by Crippen LogP contribution is 2.31. The maximum atomic E-state index is 12.2. The van der Waals surface area contributed by atoms with Crippen LogP contribution in [0.2, 0.25) is 0 Å². The molecule has 2 aromatic rings. The van der Waals surface area contributed by atoms with Crippen LogP contribution in [0, 0.1) is 0 Å². The molecule has 7 heteroatoms. The average molecular weight is 308 g/mol. The molecule has 1 saturated heterocycles. The van der Waals surface area contributed by atoms with Crippen molar-refractivity contribution in [3.05, 3.63) is 17.1 Å². The number of nitrogens with zero attached hydrogens (tertiary/aromatic N) is 2. The van der Waals surface area contributed by atoms with Gasteiger partial charge in [-0.25, -0.2) is 0 Å². The van der Waals surface area contributed by atoms with Crippen molar-refractivity contribution in [1.29, 1.82) is 0 Å². The van der Waals surface area contributed by atoms with E-state index in [4.69, 9.17) is 5.73 Å². The fourth-order valence-electron chi connectivity index (χ4n) is 2.30. The lowest BCUT2D eigenvalue weighted by Gasteiger charge is -2.21. The first-order chi connectivity index (χ1) is 9.75. The van der Waals surface area contributed by atoms with E-state index >= 15 is 0 Å². The molecule has 0 spiro atoms. The summed E-state index contributed by atoms with van der Waals surface area (Å²) in [5, 5.41) is 12.1. The van der Waals surface area contributed by atoms with Crippen molar-refractivity contribution in [2.45, 2.75) is 24.5 Å². The van der Waals surface area contributed by atoms with Crippen molar-refractivity contribution in [2.75, 3.05) is 18.0 Å². The minimum absolute atomic E-state index is 0.100. The predicted octanol–water partition coefficient (Wildman–Crippen LogP) is 2.29. The molecule has 1 aliphatic heterocycles. The van der Waals surface area contributed by atoms with E-state index in [1.807, 2.05) is 11.8 Å². The molecule has 1 amide bonds. The van der Waals surface area contributed by atoms with Crippen LogP contribution in [-0.4, -0.2) is 33.7 Å². The van der Waals surface area contributed by atoms with Gasteiger partial charge in [0.2, 0.25) is 0 Å². The fraction of sp³-hybridized carbons (Fsp3) is 0.462. The van der Waals surface area contributed by atoms with Gasteiger partial charge in [0.1, 0.15) is 9.71 Å². The Bertz CT molecular complexity index is 622. The highest BCUT2D eigenvalue weighted by Gasteiger charge is 2.19. The Morgan fingerprint density at radius 2 is 2.40 bits per heavy atom. The third-order valence-corrected chi connectivity index (χ3v) is 5.89. The summed E-state index contributed by atoms with van der Waals surface area (Å²) in [5.74, 6) is 1.10. The van der Waals surface area contributed by atoms with E-state index < -0.39 is 0 Å². The second-order valence-electron chi connectivity index (χ2n) is 4.79. The SMILES string of the molecule is Nc1c(C(=O)NCC2CCCCS2)sc2nnccc12. The van der Waals surface area contributed by atoms with E-state index in [1.165, 1.54) is 36.4 Å². The van der Waals surface area contributed by atoms with Crippen molar-refractivity contribution in [1.82, 2.24) is 15.5 Å². The number of rotatable bonds is 3. The summed E-state index contributed by atoms with van der Waals surface area (Å²) >= 11 is 3.25. The fourth-order valence-corrected chi connectivity index (χ4v) is 4.49. The van der Waals surface area contributed by atoms with Crippen LogP contribution in [0.4, 0.5) is 5.69 Å². The maximum Gasteiger partial charge on any atom is 0.263 e. The third-order valence-electron chi connectivity index (χ3n) is 3.39. The molecule has 5 nitrogen and oxygen atoms in total. The minimum atomic E-state index is -0.100. The highest BCUT2D eigenvalue weighted by molar-refractivity contribution is 7.99. The van der Waals surface area contributed by atoms with Crippen LogP contribution in [0.15, 0.2) is 12.3 Å². The Balaban J connectivity index is 1.70. The molecule has 2 aromatic heterocycles. The Labute approximate surface area is 125 Å². The second kappa shape index (κ2) is 5.97. The standard InChI is InChI=1S/C13H16N4OS2/c14-10-9-4-5-16-17-13(9)20-11(10)12(18)15-7-8-3-1-2-6-19-8/h4-5,8H,1-3,6-7,14H2,(H,15,18). The quantitative estimate of drug-likeness (QED) is 0.909. The van der Waals surface area contributed by atoms with Crippen LogP contribution >= 0.6 is 23.1 Å². The molecule has 0 saturated carbocycles. The molecule has 0 radical (unpaired) electrons. The van der Waals surface area contributed by atoms with Gasteiger partial charge in [0, 0.05) is 17.2 Å². The monoisotopic (exact) mass is 308 g/mol. The second-order valence-corrected chi connectivity index (χ2v) is 7.20. The molecule has 106 valence electrons. The first kappa shape index (κ1) is 13.6. The smallest absolute Gasteiger partial charge is 0.263 e. The lowest BCUT2D eigenvalue weighted by Crippen LogP contribution is -2.31. The van der Waals surface area contributed by atoms with Crippen LogP contribution in [0.3, 0.4) is 0 Å². The molecular formula is C13H16N4OS2. The van der Waals surface area contributed by atoms with Gasteiger partial charge in [-0.05, 0) is 24.7 Å². The number of nitrogens with one attached hydrogen (secondary N) is 1. The largest absolute Gasteiger partial charge is 0.397 e. The van der Waals surface area contributed by atoms with Gasteiger partial charge in [-0.1, -0.05) is 6.42 Å². The molecule has 0 aliphatic carbocycles. The van der Waals surface area contributed by atoms with E-state index in [-0.39, 0.29) is 5.91 Å². The number of carbonyl (C=O) groups excluding carboxylic acids is 1. The Hall–Kier alpha value is -1.34. The molecule has 1 unspecified atom stereocenters. The number of thioether (sulfide) groups is 1. The number of nitrogens with two attached hydrogens (primary N) is 1. The number of aromatic nitrogens is 2. The Morgan fingerprint density at radius 1 is 1.50 bits per heavy atom. The number of carbonyl (C=O) groups is 1. The summed E-state index contributed by atoms with van der Waals surface area (Å²) in [4.78, 5) is 13.5. The molecule has 1 aliphatic rings. The van der Waals surface area contributed by atoms with Crippen LogP contribution in [0.1, 0.15) is 28.9 Å². The van der Waals surface area contributed by atoms with Crippen molar-refractivity contribution < 1.29 is 4.79 Å². The van der Waals surface area contributed by atoms with Gasteiger partial charge in [-0.2, -0.15) is 16.9 Å². The highest BCUT2D eigenvalue weighted by atomic mass is 32.2. The van der Waals surface area contributed by atoms with E-state index in [1.54, 1.807) is 12.3 Å². The summed E-state index contributed by atoms with van der Waals surface area (Å²) in [7, 11) is 0. The summed E-state index contributed by atoms with van der Waals surface area (Å²) in [5.41, 5.74) is 6.53. The average Bonchev–Trinajstić information content (AvgIpc) is 2.84. The molecule has 1 atom stereocenters. The number of hydrogen-bond acceptors (Lipinski definition) is 6. The van der Waals surface area contributed by atoms with Crippen LogP contribution in [0.5, 0.6) is 0 Å². The van der Waals surface area contributed by atoms with Gasteiger partial charge in [0.05, 0.1) is 11.9 Å². The van der Waals surface area contributed by atoms with Gasteiger partial charge >= 0.3 is 0 Å². The summed E-state index contributed by atoms with van der Waals surface area (Å²) in [6, 6.07) is 1.79. The molecule has 3 rings (SSSR count). The van der Waals surface area contributed by atoms with E-state index in [0.29, 0.717) is 27.2 Å². The number of nitrogen functional groups attached to an aromatic ring is 1. The number of anilines is 1. The number of hydrogen-bond donors (Lipinski definition) is 2. The third kappa shape index (κ3) is 2.73. The van der Waals surface area contributed by atoms with Crippen molar-refractivity contribution in [3.8, 4) is 0 Å². The summed E-state index contributed by atoms with van der Waals surface area (Å²) in [6.45, 7) is 0.711. The lowest BCUT2D eigenvalue weighted by molar-refractivity contribution is 0.0958. The van der Waals surface area contributed by atoms with Crippen LogP contribution in [-0.2, 0) is 0 Å². The molecule has 3 N–H and O–H groups in total. The topological polar surface area (TPSA) is 80.9 Å². The zero-order valence-electron chi connectivity index (χ0n) is 11.0. The normalized spacial score (nSPS) is 19.1. The van der Waals surface area contributed by atoms with E-state index in [9.17, 15) is 4.79 Å². The van der Waals surface area contributed by atoms with E-state index in [2.05, 4.69) is 15.5 Å². The zero-order valence-corrected chi connectivity index (χ0v) is 12.6. The van der Waals surface area contributed by atoms with Crippen molar-refractivity contribution in [3.63, 3.8) is 0 Å². The van der Waals surface area contributed by atoms with Crippen LogP contribution < -0.4 is 11.1 Å². The molecular weight excluding hydrogens is 292 g/mol. The van der Waals surface area contributed by atoms with Crippen molar-refractivity contribution in [2.24, 2.45) is 0 Å². The molecule has 0 bridgehead atoms. The molecule has 1 fully saturated rings. The number of thiophene rings is 1. The van der Waals surface area contributed by atoms with E-state index in [0.717, 1.165) is 5.39 Å². The van der Waals surface area contributed by atoms with Gasteiger partial charge in [-0.15, -0.1) is 16.4 Å². The maximum absolute atomic E-state index is 12.2. The molecule has 0 aromatic carbocycles. The molecule has 20 heavy (non-hydrogen) atoms. The first-order valence-electron chi connectivity index (χ1n) is 6.65. The van der Waals surface area contributed by atoms with Crippen LogP contribution in [0.25, 0.3) is 10.2 Å². The Kier molecular flexibility index (Phi) is 4.07. The predicted molar refractivity (Wildman–Crippen MR) is 84.3 cm³/mol. The first-order valence-corrected chi connectivity index (χ1v) is 8.51. The summed E-state index contributed by atoms with van der Waals surface area (Å²) in [6.07, 6.45) is 5.31. The Morgan fingerprint density at radius 3 is 3.15 bits per heavy atom. The minimum Gasteiger partial charge on any atom is -0.397 e. The van der Waals surface area contributed by atoms with Gasteiger partial charge in [-0.3, -0.25) is 4.79 Å². The molecule has 3 heterocycles.